The average molecular weight is 344 g/mol. The molecule has 0 saturated carbocycles. The molecule has 134 valence electrons. The van der Waals surface area contributed by atoms with Gasteiger partial charge in [-0.1, -0.05) is 13.8 Å². The van der Waals surface area contributed by atoms with Crippen molar-refractivity contribution in [3.05, 3.63) is 35.4 Å². The van der Waals surface area contributed by atoms with Gasteiger partial charge in [0.15, 0.2) is 23.0 Å². The van der Waals surface area contributed by atoms with E-state index >= 15 is 0 Å². The smallest absolute Gasteiger partial charge is 0.161 e. The Kier molecular flexibility index (Phi) is 4.29. The third kappa shape index (κ3) is 2.34. The zero-order valence-corrected chi connectivity index (χ0v) is 15.5. The zero-order chi connectivity index (χ0) is 18.4. The van der Waals surface area contributed by atoms with Crippen molar-refractivity contribution in [2.45, 2.75) is 19.4 Å². The van der Waals surface area contributed by atoms with E-state index in [-0.39, 0.29) is 5.92 Å². The van der Waals surface area contributed by atoms with Gasteiger partial charge in [-0.2, -0.15) is 0 Å². The van der Waals surface area contributed by atoms with E-state index in [0.29, 0.717) is 23.0 Å². The van der Waals surface area contributed by atoms with Gasteiger partial charge in [0, 0.05) is 11.1 Å². The second kappa shape index (κ2) is 6.15. The summed E-state index contributed by atoms with van der Waals surface area (Å²) < 4.78 is 21.8. The van der Waals surface area contributed by atoms with E-state index < -0.39 is 5.60 Å². The minimum Gasteiger partial charge on any atom is -0.493 e. The van der Waals surface area contributed by atoms with Crippen LogP contribution >= 0.6 is 0 Å². The molecule has 1 N–H and O–H groups in total. The van der Waals surface area contributed by atoms with Crippen LogP contribution in [0.1, 0.15) is 25.0 Å². The first kappa shape index (κ1) is 17.4. The van der Waals surface area contributed by atoms with Crippen molar-refractivity contribution in [3.63, 3.8) is 0 Å². The maximum Gasteiger partial charge on any atom is 0.161 e. The van der Waals surface area contributed by atoms with Crippen LogP contribution in [0.5, 0.6) is 23.0 Å². The molecule has 0 bridgehead atoms. The van der Waals surface area contributed by atoms with Crippen molar-refractivity contribution in [2.75, 3.05) is 28.4 Å². The Bertz CT molecular complexity index is 749. The fourth-order valence-corrected chi connectivity index (χ4v) is 3.60. The molecule has 0 radical (unpaired) electrons. The lowest BCUT2D eigenvalue weighted by atomic mass is 9.81. The normalized spacial score (nSPS) is 14.1. The Morgan fingerprint density at radius 3 is 1.28 bits per heavy atom. The van der Waals surface area contributed by atoms with E-state index in [1.807, 2.05) is 38.1 Å². The molecule has 0 saturated heterocycles. The highest BCUT2D eigenvalue weighted by Gasteiger charge is 2.45. The van der Waals surface area contributed by atoms with E-state index in [4.69, 9.17) is 18.9 Å². The number of hydrogen-bond donors (Lipinski definition) is 1. The number of ether oxygens (including phenoxy) is 4. The number of aliphatic hydroxyl groups is 1. The van der Waals surface area contributed by atoms with Crippen molar-refractivity contribution in [1.29, 1.82) is 0 Å². The maximum absolute atomic E-state index is 11.6. The largest absolute Gasteiger partial charge is 0.493 e. The third-order valence-electron chi connectivity index (χ3n) is 4.99. The van der Waals surface area contributed by atoms with Crippen LogP contribution in [0.4, 0.5) is 0 Å². The average Bonchev–Trinajstić information content (AvgIpc) is 2.88. The second-order valence-corrected chi connectivity index (χ2v) is 6.43. The summed E-state index contributed by atoms with van der Waals surface area (Å²) in [5, 5.41) is 11.6. The fraction of sp³-hybridized carbons (Fsp3) is 0.400. The van der Waals surface area contributed by atoms with Crippen LogP contribution in [0.25, 0.3) is 11.1 Å². The van der Waals surface area contributed by atoms with E-state index in [1.165, 1.54) is 0 Å². The summed E-state index contributed by atoms with van der Waals surface area (Å²) in [5.41, 5.74) is 2.26. The van der Waals surface area contributed by atoms with Gasteiger partial charge in [-0.15, -0.1) is 0 Å². The lowest BCUT2D eigenvalue weighted by Gasteiger charge is -2.30. The van der Waals surface area contributed by atoms with Crippen LogP contribution in [-0.2, 0) is 5.60 Å². The number of benzene rings is 2. The Labute approximate surface area is 148 Å². The van der Waals surface area contributed by atoms with Crippen LogP contribution in [0, 0.1) is 5.92 Å². The standard InChI is InChI=1S/C20H24O5/c1-11(2)20(21)14-9-18(24-5)16(22-3)7-12(14)13-8-17(23-4)19(25-6)10-15(13)20/h7-11,21H,1-6H3. The molecular formula is C20H24O5. The lowest BCUT2D eigenvalue weighted by Crippen LogP contribution is -2.31. The third-order valence-corrected chi connectivity index (χ3v) is 4.99. The molecule has 0 heterocycles. The van der Waals surface area contributed by atoms with E-state index in [0.717, 1.165) is 22.3 Å². The summed E-state index contributed by atoms with van der Waals surface area (Å²) >= 11 is 0. The molecule has 5 nitrogen and oxygen atoms in total. The van der Waals surface area contributed by atoms with Gasteiger partial charge in [-0.05, 0) is 41.3 Å². The molecule has 0 aromatic heterocycles. The zero-order valence-electron chi connectivity index (χ0n) is 15.5. The quantitative estimate of drug-likeness (QED) is 0.898. The monoisotopic (exact) mass is 344 g/mol. The first-order valence-electron chi connectivity index (χ1n) is 8.18. The van der Waals surface area contributed by atoms with Gasteiger partial charge >= 0.3 is 0 Å². The fourth-order valence-electron chi connectivity index (χ4n) is 3.60. The van der Waals surface area contributed by atoms with Gasteiger partial charge in [0.2, 0.25) is 0 Å². The summed E-state index contributed by atoms with van der Waals surface area (Å²) in [6.45, 7) is 3.98. The molecule has 1 aliphatic rings. The molecule has 5 heteroatoms. The van der Waals surface area contributed by atoms with Crippen LogP contribution in [0.3, 0.4) is 0 Å². The molecule has 3 rings (SSSR count). The van der Waals surface area contributed by atoms with Crippen LogP contribution in [-0.4, -0.2) is 33.5 Å². The molecular weight excluding hydrogens is 320 g/mol. The summed E-state index contributed by atoms with van der Waals surface area (Å²) in [6, 6.07) is 7.51. The highest BCUT2D eigenvalue weighted by molar-refractivity contribution is 5.84. The van der Waals surface area contributed by atoms with Crippen molar-refractivity contribution in [2.24, 2.45) is 5.92 Å². The summed E-state index contributed by atoms with van der Waals surface area (Å²) in [7, 11) is 6.38. The minimum absolute atomic E-state index is 0.0521. The molecule has 2 aromatic carbocycles. The molecule has 0 unspecified atom stereocenters. The SMILES string of the molecule is COc1cc2c(cc1OC)C(O)(C(C)C)c1cc(OC)c(OC)cc1-2. The van der Waals surface area contributed by atoms with Gasteiger partial charge in [0.05, 0.1) is 28.4 Å². The maximum atomic E-state index is 11.6. The van der Waals surface area contributed by atoms with Crippen LogP contribution in [0.15, 0.2) is 24.3 Å². The summed E-state index contributed by atoms with van der Waals surface area (Å²) in [4.78, 5) is 0. The van der Waals surface area contributed by atoms with Gasteiger partial charge in [-0.25, -0.2) is 0 Å². The Morgan fingerprint density at radius 2 is 1.00 bits per heavy atom. The molecule has 0 amide bonds. The molecule has 1 aliphatic carbocycles. The Hall–Kier alpha value is -2.40. The van der Waals surface area contributed by atoms with Crippen molar-refractivity contribution in [1.82, 2.24) is 0 Å². The van der Waals surface area contributed by atoms with Gasteiger partial charge in [0.25, 0.3) is 0 Å². The molecule has 2 aromatic rings. The summed E-state index contributed by atoms with van der Waals surface area (Å²) in [6.07, 6.45) is 0. The molecule has 25 heavy (non-hydrogen) atoms. The number of rotatable bonds is 5. The first-order chi connectivity index (χ1) is 11.9. The van der Waals surface area contributed by atoms with Crippen molar-refractivity contribution in [3.8, 4) is 34.1 Å². The Balaban J connectivity index is 2.38. The van der Waals surface area contributed by atoms with E-state index in [9.17, 15) is 5.11 Å². The van der Waals surface area contributed by atoms with Crippen LogP contribution in [0.2, 0.25) is 0 Å². The molecule has 0 atom stereocenters. The van der Waals surface area contributed by atoms with Gasteiger partial charge < -0.3 is 24.1 Å². The predicted octanol–water partition coefficient (Wildman–Crippen LogP) is 3.59. The minimum atomic E-state index is -1.15. The van der Waals surface area contributed by atoms with Crippen LogP contribution < -0.4 is 18.9 Å². The van der Waals surface area contributed by atoms with E-state index in [1.54, 1.807) is 28.4 Å². The number of hydrogen-bond acceptors (Lipinski definition) is 5. The number of methoxy groups -OCH3 is 4. The van der Waals surface area contributed by atoms with Crippen molar-refractivity contribution >= 4 is 0 Å². The van der Waals surface area contributed by atoms with Gasteiger partial charge in [-0.3, -0.25) is 0 Å². The van der Waals surface area contributed by atoms with Gasteiger partial charge in [0.1, 0.15) is 5.60 Å². The Morgan fingerprint density at radius 1 is 0.680 bits per heavy atom. The summed E-state index contributed by atoms with van der Waals surface area (Å²) in [5.74, 6) is 2.37. The van der Waals surface area contributed by atoms with E-state index in [2.05, 4.69) is 0 Å². The highest BCUT2D eigenvalue weighted by Crippen LogP contribution is 2.55. The molecule has 0 aliphatic heterocycles. The predicted molar refractivity (Wildman–Crippen MR) is 95.9 cm³/mol. The highest BCUT2D eigenvalue weighted by atomic mass is 16.5. The van der Waals surface area contributed by atoms with Crippen molar-refractivity contribution < 1.29 is 24.1 Å². The second-order valence-electron chi connectivity index (χ2n) is 6.43. The molecule has 0 spiro atoms. The first-order valence-corrected chi connectivity index (χ1v) is 8.18. The lowest BCUT2D eigenvalue weighted by molar-refractivity contribution is 0.0359. The molecule has 0 fully saturated rings. The topological polar surface area (TPSA) is 57.2 Å². The number of fused-ring (bicyclic) bond motifs is 3.